The van der Waals surface area contributed by atoms with E-state index in [4.69, 9.17) is 0 Å². The van der Waals surface area contributed by atoms with Gasteiger partial charge >= 0.3 is 0 Å². The molecule has 0 aliphatic rings. The fourth-order valence-corrected chi connectivity index (χ4v) is 1.51. The maximum Gasteiger partial charge on any atom is 0.236 e. The Hall–Kier alpha value is -0.610. The second-order valence-corrected chi connectivity index (χ2v) is 4.36. The molecule has 0 saturated heterocycles. The zero-order chi connectivity index (χ0) is 12.4. The van der Waals surface area contributed by atoms with Crippen LogP contribution in [0.25, 0.3) is 0 Å². The van der Waals surface area contributed by atoms with Gasteiger partial charge in [0.05, 0.1) is 6.54 Å². The summed E-state index contributed by atoms with van der Waals surface area (Å²) >= 11 is 0. The van der Waals surface area contributed by atoms with E-state index >= 15 is 0 Å². The smallest absolute Gasteiger partial charge is 0.236 e. The van der Waals surface area contributed by atoms with Gasteiger partial charge in [-0.05, 0) is 26.9 Å². The van der Waals surface area contributed by atoms with Gasteiger partial charge in [-0.15, -0.1) is 0 Å². The number of likely N-dealkylation sites (N-methyl/N-ethyl adjacent to an activating group) is 1. The summed E-state index contributed by atoms with van der Waals surface area (Å²) in [5, 5.41) is 3.18. The number of hydrogen-bond acceptors (Lipinski definition) is 3. The lowest BCUT2D eigenvalue weighted by Gasteiger charge is -2.21. The van der Waals surface area contributed by atoms with Crippen LogP contribution >= 0.6 is 0 Å². The van der Waals surface area contributed by atoms with Gasteiger partial charge in [-0.25, -0.2) is 0 Å². The maximum atomic E-state index is 11.8. The van der Waals surface area contributed by atoms with Crippen molar-refractivity contribution in [3.8, 4) is 0 Å². The standard InChI is InChI=1S/C12H27N3O/c1-5-8-15(9-6-2)12(16)11-13-7-10-14(3)4/h13H,5-11H2,1-4H3. The van der Waals surface area contributed by atoms with Crippen LogP contribution < -0.4 is 5.32 Å². The lowest BCUT2D eigenvalue weighted by molar-refractivity contribution is -0.130. The number of nitrogens with one attached hydrogen (secondary N) is 1. The SMILES string of the molecule is CCCN(CCC)C(=O)CNCCN(C)C. The van der Waals surface area contributed by atoms with E-state index in [9.17, 15) is 4.79 Å². The summed E-state index contributed by atoms with van der Waals surface area (Å²) in [7, 11) is 4.06. The first kappa shape index (κ1) is 15.4. The molecule has 0 aliphatic carbocycles. The van der Waals surface area contributed by atoms with Gasteiger partial charge in [-0.3, -0.25) is 4.79 Å². The van der Waals surface area contributed by atoms with Crippen molar-refractivity contribution in [2.24, 2.45) is 0 Å². The Morgan fingerprint density at radius 1 is 1.06 bits per heavy atom. The Bertz CT molecular complexity index is 177. The van der Waals surface area contributed by atoms with Gasteiger partial charge in [0.1, 0.15) is 0 Å². The molecule has 0 aromatic rings. The van der Waals surface area contributed by atoms with Crippen LogP contribution in [0.3, 0.4) is 0 Å². The van der Waals surface area contributed by atoms with E-state index in [1.165, 1.54) is 0 Å². The van der Waals surface area contributed by atoms with Crippen LogP contribution in [0.2, 0.25) is 0 Å². The highest BCUT2D eigenvalue weighted by Crippen LogP contribution is 1.94. The van der Waals surface area contributed by atoms with Gasteiger partial charge in [0.15, 0.2) is 0 Å². The molecule has 1 N–H and O–H groups in total. The molecule has 0 radical (unpaired) electrons. The van der Waals surface area contributed by atoms with E-state index < -0.39 is 0 Å². The van der Waals surface area contributed by atoms with Crippen molar-refractivity contribution < 1.29 is 4.79 Å². The highest BCUT2D eigenvalue weighted by molar-refractivity contribution is 5.78. The maximum absolute atomic E-state index is 11.8. The first-order chi connectivity index (χ1) is 7.61. The molecule has 0 spiro atoms. The van der Waals surface area contributed by atoms with E-state index in [1.54, 1.807) is 0 Å². The van der Waals surface area contributed by atoms with Crippen LogP contribution in [-0.4, -0.2) is 62.5 Å². The molecule has 16 heavy (non-hydrogen) atoms. The van der Waals surface area contributed by atoms with Crippen molar-refractivity contribution in [3.63, 3.8) is 0 Å². The van der Waals surface area contributed by atoms with E-state index in [1.807, 2.05) is 19.0 Å². The minimum Gasteiger partial charge on any atom is -0.342 e. The molecule has 0 unspecified atom stereocenters. The number of rotatable bonds is 9. The van der Waals surface area contributed by atoms with Crippen molar-refractivity contribution in [2.45, 2.75) is 26.7 Å². The normalized spacial score (nSPS) is 10.8. The Labute approximate surface area is 100.0 Å². The average Bonchev–Trinajstić information content (AvgIpc) is 2.23. The molecule has 0 fully saturated rings. The predicted molar refractivity (Wildman–Crippen MR) is 68.6 cm³/mol. The first-order valence-corrected chi connectivity index (χ1v) is 6.25. The average molecular weight is 229 g/mol. The van der Waals surface area contributed by atoms with Crippen LogP contribution in [0.15, 0.2) is 0 Å². The highest BCUT2D eigenvalue weighted by Gasteiger charge is 2.10. The summed E-state index contributed by atoms with van der Waals surface area (Å²) in [6.45, 7) is 8.27. The van der Waals surface area contributed by atoms with Gasteiger partial charge < -0.3 is 15.1 Å². The second kappa shape index (κ2) is 9.60. The molecule has 0 atom stereocenters. The van der Waals surface area contributed by atoms with E-state index in [0.717, 1.165) is 39.0 Å². The minimum atomic E-state index is 0.224. The summed E-state index contributed by atoms with van der Waals surface area (Å²) in [5.74, 6) is 0.224. The molecule has 0 rings (SSSR count). The van der Waals surface area contributed by atoms with Crippen LogP contribution in [0.1, 0.15) is 26.7 Å². The zero-order valence-corrected chi connectivity index (χ0v) is 11.3. The first-order valence-electron chi connectivity index (χ1n) is 6.25. The third kappa shape index (κ3) is 7.65. The Morgan fingerprint density at radius 3 is 2.06 bits per heavy atom. The summed E-state index contributed by atoms with van der Waals surface area (Å²) in [6, 6.07) is 0. The van der Waals surface area contributed by atoms with Crippen molar-refractivity contribution >= 4 is 5.91 Å². The van der Waals surface area contributed by atoms with E-state index in [-0.39, 0.29) is 5.91 Å². The molecule has 4 heteroatoms. The molecular weight excluding hydrogens is 202 g/mol. The summed E-state index contributed by atoms with van der Waals surface area (Å²) in [4.78, 5) is 15.9. The van der Waals surface area contributed by atoms with Gasteiger partial charge in [-0.1, -0.05) is 13.8 Å². The Kier molecular flexibility index (Phi) is 9.24. The summed E-state index contributed by atoms with van der Waals surface area (Å²) in [6.07, 6.45) is 2.06. The second-order valence-electron chi connectivity index (χ2n) is 4.36. The topological polar surface area (TPSA) is 35.6 Å². The number of nitrogens with zero attached hydrogens (tertiary/aromatic N) is 2. The monoisotopic (exact) mass is 229 g/mol. The van der Waals surface area contributed by atoms with Gasteiger partial charge in [0, 0.05) is 26.2 Å². The largest absolute Gasteiger partial charge is 0.342 e. The van der Waals surface area contributed by atoms with E-state index in [0.29, 0.717) is 6.54 Å². The number of hydrogen-bond donors (Lipinski definition) is 1. The zero-order valence-electron chi connectivity index (χ0n) is 11.3. The van der Waals surface area contributed by atoms with Crippen molar-refractivity contribution in [1.29, 1.82) is 0 Å². The van der Waals surface area contributed by atoms with Crippen molar-refractivity contribution in [2.75, 3.05) is 46.8 Å². The highest BCUT2D eigenvalue weighted by atomic mass is 16.2. The fourth-order valence-electron chi connectivity index (χ4n) is 1.51. The number of amides is 1. The van der Waals surface area contributed by atoms with Gasteiger partial charge in [-0.2, -0.15) is 0 Å². The fraction of sp³-hybridized carbons (Fsp3) is 0.917. The molecule has 0 aliphatic heterocycles. The molecule has 4 nitrogen and oxygen atoms in total. The quantitative estimate of drug-likeness (QED) is 0.594. The van der Waals surface area contributed by atoms with Crippen LogP contribution in [-0.2, 0) is 4.79 Å². The molecule has 96 valence electrons. The molecule has 0 aromatic heterocycles. The van der Waals surface area contributed by atoms with Crippen molar-refractivity contribution in [3.05, 3.63) is 0 Å². The van der Waals surface area contributed by atoms with Crippen LogP contribution in [0.5, 0.6) is 0 Å². The minimum absolute atomic E-state index is 0.224. The molecule has 1 amide bonds. The van der Waals surface area contributed by atoms with Gasteiger partial charge in [0.25, 0.3) is 0 Å². The van der Waals surface area contributed by atoms with Crippen LogP contribution in [0.4, 0.5) is 0 Å². The molecule has 0 bridgehead atoms. The van der Waals surface area contributed by atoms with Gasteiger partial charge in [0.2, 0.25) is 5.91 Å². The lowest BCUT2D eigenvalue weighted by Crippen LogP contribution is -2.40. The predicted octanol–water partition coefficient (Wildman–Crippen LogP) is 0.786. The third-order valence-corrected chi connectivity index (χ3v) is 2.35. The molecule has 0 heterocycles. The molecule has 0 aromatic carbocycles. The van der Waals surface area contributed by atoms with E-state index in [2.05, 4.69) is 24.1 Å². The number of carbonyl (C=O) groups excluding carboxylic acids is 1. The summed E-state index contributed by atoms with van der Waals surface area (Å²) in [5.41, 5.74) is 0. The third-order valence-electron chi connectivity index (χ3n) is 2.35. The summed E-state index contributed by atoms with van der Waals surface area (Å²) < 4.78 is 0. The molecular formula is C12H27N3O. The Morgan fingerprint density at radius 2 is 1.62 bits per heavy atom. The van der Waals surface area contributed by atoms with Crippen LogP contribution in [0, 0.1) is 0 Å². The van der Waals surface area contributed by atoms with Crippen molar-refractivity contribution in [1.82, 2.24) is 15.1 Å². The number of carbonyl (C=O) groups is 1. The Balaban J connectivity index is 3.73. The lowest BCUT2D eigenvalue weighted by atomic mass is 10.3. The molecule has 0 saturated carbocycles.